The molecule has 0 aromatic heterocycles. The molecule has 2 fully saturated rings. The van der Waals surface area contributed by atoms with Crippen molar-refractivity contribution >= 4 is 5.91 Å². The Hall–Kier alpha value is -0.570. The van der Waals surface area contributed by atoms with Crippen molar-refractivity contribution in [1.82, 2.24) is 5.32 Å². The largest absolute Gasteiger partial charge is 0.354 e. The molecule has 0 aliphatic heterocycles. The van der Waals surface area contributed by atoms with Crippen molar-refractivity contribution in [2.24, 2.45) is 11.1 Å². The molecule has 2 aliphatic rings. The van der Waals surface area contributed by atoms with Crippen LogP contribution >= 0.6 is 0 Å². The summed E-state index contributed by atoms with van der Waals surface area (Å²) in [4.78, 5) is 12.1. The molecule has 0 aromatic rings. The van der Waals surface area contributed by atoms with Gasteiger partial charge in [-0.1, -0.05) is 32.6 Å². The first-order chi connectivity index (χ1) is 8.10. The predicted octanol–water partition coefficient (Wildman–Crippen LogP) is 2.34. The van der Waals surface area contributed by atoms with E-state index >= 15 is 0 Å². The Morgan fingerprint density at radius 3 is 2.35 bits per heavy atom. The molecule has 0 atom stereocenters. The van der Waals surface area contributed by atoms with Crippen LogP contribution in [-0.4, -0.2) is 18.0 Å². The van der Waals surface area contributed by atoms with Crippen LogP contribution in [0.3, 0.4) is 0 Å². The van der Waals surface area contributed by atoms with E-state index in [9.17, 15) is 4.79 Å². The van der Waals surface area contributed by atoms with Crippen LogP contribution in [0, 0.1) is 5.41 Å². The fraction of sp³-hybridized carbons (Fsp3) is 0.929. The minimum atomic E-state index is -0.129. The summed E-state index contributed by atoms with van der Waals surface area (Å²) in [5.41, 5.74) is 6.19. The molecule has 3 nitrogen and oxygen atoms in total. The molecule has 1 amide bonds. The lowest BCUT2D eigenvalue weighted by molar-refractivity contribution is -0.126. The normalized spacial score (nSPS) is 25.3. The summed E-state index contributed by atoms with van der Waals surface area (Å²) >= 11 is 0. The van der Waals surface area contributed by atoms with Gasteiger partial charge in [0, 0.05) is 17.5 Å². The van der Waals surface area contributed by atoms with E-state index in [4.69, 9.17) is 5.73 Å². The van der Waals surface area contributed by atoms with Gasteiger partial charge in [0.1, 0.15) is 0 Å². The molecule has 0 saturated heterocycles. The molecule has 2 saturated carbocycles. The average molecular weight is 238 g/mol. The highest BCUT2D eigenvalue weighted by Crippen LogP contribution is 2.49. The fourth-order valence-electron chi connectivity index (χ4n) is 3.10. The molecule has 0 aromatic carbocycles. The predicted molar refractivity (Wildman–Crippen MR) is 69.6 cm³/mol. The van der Waals surface area contributed by atoms with E-state index in [-0.39, 0.29) is 16.9 Å². The highest BCUT2D eigenvalue weighted by atomic mass is 16.2. The van der Waals surface area contributed by atoms with E-state index < -0.39 is 0 Å². The first kappa shape index (κ1) is 12.9. The Morgan fingerprint density at radius 2 is 1.82 bits per heavy atom. The molecule has 3 heteroatoms. The van der Waals surface area contributed by atoms with Crippen LogP contribution in [0.15, 0.2) is 0 Å². The van der Waals surface area contributed by atoms with Gasteiger partial charge in [-0.2, -0.15) is 0 Å². The second kappa shape index (κ2) is 4.97. The van der Waals surface area contributed by atoms with E-state index in [2.05, 4.69) is 12.2 Å². The minimum absolute atomic E-state index is 0.0141. The van der Waals surface area contributed by atoms with E-state index in [1.54, 1.807) is 0 Å². The number of carbonyl (C=O) groups excluding carboxylic acids is 1. The van der Waals surface area contributed by atoms with Crippen molar-refractivity contribution < 1.29 is 4.79 Å². The molecule has 2 rings (SSSR count). The zero-order chi connectivity index (χ0) is 12.4. The summed E-state index contributed by atoms with van der Waals surface area (Å²) in [6.45, 7) is 2.83. The number of amides is 1. The number of nitrogens with one attached hydrogen (secondary N) is 1. The summed E-state index contributed by atoms with van der Waals surface area (Å²) in [6, 6.07) is 0. The molecule has 98 valence electrons. The quantitative estimate of drug-likeness (QED) is 0.772. The number of hydrogen-bond acceptors (Lipinski definition) is 2. The Balaban J connectivity index is 1.79. The van der Waals surface area contributed by atoms with Crippen molar-refractivity contribution in [3.05, 3.63) is 0 Å². The minimum Gasteiger partial charge on any atom is -0.354 e. The van der Waals surface area contributed by atoms with Crippen LogP contribution in [0.2, 0.25) is 0 Å². The first-order valence-electron chi connectivity index (χ1n) is 7.17. The van der Waals surface area contributed by atoms with Gasteiger partial charge in [-0.15, -0.1) is 0 Å². The zero-order valence-corrected chi connectivity index (χ0v) is 11.1. The number of rotatable bonds is 5. The second-order valence-electron chi connectivity index (χ2n) is 6.14. The van der Waals surface area contributed by atoms with E-state index in [0.29, 0.717) is 6.54 Å². The Morgan fingerprint density at radius 1 is 1.18 bits per heavy atom. The van der Waals surface area contributed by atoms with Gasteiger partial charge in [0.15, 0.2) is 0 Å². The van der Waals surface area contributed by atoms with Gasteiger partial charge >= 0.3 is 0 Å². The smallest absolute Gasteiger partial charge is 0.226 e. The monoisotopic (exact) mass is 238 g/mol. The molecule has 3 N–H and O–H groups in total. The van der Waals surface area contributed by atoms with Crippen LogP contribution in [0.1, 0.15) is 64.7 Å². The number of hydrogen-bond donors (Lipinski definition) is 2. The van der Waals surface area contributed by atoms with Gasteiger partial charge in [-0.25, -0.2) is 0 Å². The van der Waals surface area contributed by atoms with Crippen molar-refractivity contribution in [2.75, 3.05) is 6.54 Å². The summed E-state index contributed by atoms with van der Waals surface area (Å²) in [5, 5.41) is 3.12. The standard InChI is InChI=1S/C14H26N2O/c1-2-6-13(9-10-13)12(17)16-11-14(15)7-4-3-5-8-14/h2-11,15H2,1H3,(H,16,17). The third kappa shape index (κ3) is 3.01. The molecule has 0 radical (unpaired) electrons. The van der Waals surface area contributed by atoms with E-state index in [1.807, 2.05) is 0 Å². The molecule has 0 spiro atoms. The molecule has 0 bridgehead atoms. The van der Waals surface area contributed by atoms with Crippen molar-refractivity contribution in [2.45, 2.75) is 70.3 Å². The Bertz CT molecular complexity index is 278. The van der Waals surface area contributed by atoms with Gasteiger partial charge in [0.2, 0.25) is 5.91 Å². The molecule has 2 aliphatic carbocycles. The number of carbonyl (C=O) groups is 1. The van der Waals surface area contributed by atoms with Crippen molar-refractivity contribution in [3.63, 3.8) is 0 Å². The van der Waals surface area contributed by atoms with Gasteiger partial charge in [-0.05, 0) is 32.1 Å². The summed E-state index contributed by atoms with van der Waals surface area (Å²) < 4.78 is 0. The zero-order valence-electron chi connectivity index (χ0n) is 11.1. The summed E-state index contributed by atoms with van der Waals surface area (Å²) in [5.74, 6) is 0.259. The summed E-state index contributed by atoms with van der Waals surface area (Å²) in [6.07, 6.45) is 10.1. The van der Waals surface area contributed by atoms with Crippen LogP contribution in [0.25, 0.3) is 0 Å². The van der Waals surface area contributed by atoms with E-state index in [1.165, 1.54) is 19.3 Å². The summed E-state index contributed by atoms with van der Waals surface area (Å²) in [7, 11) is 0. The van der Waals surface area contributed by atoms with Gasteiger partial charge in [-0.3, -0.25) is 4.79 Å². The van der Waals surface area contributed by atoms with Gasteiger partial charge < -0.3 is 11.1 Å². The SMILES string of the molecule is CCCC1(C(=O)NCC2(N)CCCCC2)CC1. The molecule has 17 heavy (non-hydrogen) atoms. The maximum absolute atomic E-state index is 12.1. The average Bonchev–Trinajstić information content (AvgIpc) is 3.09. The van der Waals surface area contributed by atoms with Gasteiger partial charge in [0.25, 0.3) is 0 Å². The van der Waals surface area contributed by atoms with E-state index in [0.717, 1.165) is 38.5 Å². The lowest BCUT2D eigenvalue weighted by Crippen LogP contribution is -2.52. The second-order valence-corrected chi connectivity index (χ2v) is 6.14. The topological polar surface area (TPSA) is 55.1 Å². The maximum atomic E-state index is 12.1. The molecule has 0 unspecified atom stereocenters. The third-order valence-corrected chi connectivity index (χ3v) is 4.51. The molecular formula is C14H26N2O. The highest BCUT2D eigenvalue weighted by Gasteiger charge is 2.48. The molecular weight excluding hydrogens is 212 g/mol. The maximum Gasteiger partial charge on any atom is 0.226 e. The highest BCUT2D eigenvalue weighted by molar-refractivity contribution is 5.85. The Kier molecular flexibility index (Phi) is 3.76. The van der Waals surface area contributed by atoms with Crippen molar-refractivity contribution in [3.8, 4) is 0 Å². The first-order valence-corrected chi connectivity index (χ1v) is 7.17. The van der Waals surface area contributed by atoms with Crippen LogP contribution < -0.4 is 11.1 Å². The van der Waals surface area contributed by atoms with Crippen LogP contribution in [0.5, 0.6) is 0 Å². The third-order valence-electron chi connectivity index (χ3n) is 4.51. The van der Waals surface area contributed by atoms with Gasteiger partial charge in [0.05, 0.1) is 0 Å². The van der Waals surface area contributed by atoms with Crippen molar-refractivity contribution in [1.29, 1.82) is 0 Å². The lowest BCUT2D eigenvalue weighted by Gasteiger charge is -2.34. The fourth-order valence-corrected chi connectivity index (χ4v) is 3.10. The number of nitrogens with two attached hydrogens (primary N) is 1. The lowest BCUT2D eigenvalue weighted by atomic mass is 9.82. The molecule has 0 heterocycles. The van der Waals surface area contributed by atoms with Crippen LogP contribution in [0.4, 0.5) is 0 Å². The Labute approximate surface area is 105 Å². The van der Waals surface area contributed by atoms with Crippen LogP contribution in [-0.2, 0) is 4.79 Å².